The standard InChI is InChI=1S/C36H30BrCl2N5O5/c1-4-36-18-9-5-8-17(27(18)45)16-7-6-10-22-23(16)24(31(38)41-22)29-32(39)44-35(48-29)26-30(36)49-34(43-26)25(14(2)3)42-33(47)21(40)13-15-11-19(36)28(46)20(37)12-15/h5-12,14,21,25,41,45-46H,4,13,40H2,1-3H3,(H,42,47). The lowest BCUT2D eigenvalue weighted by molar-refractivity contribution is -0.123. The zero-order chi connectivity index (χ0) is 34.5. The fourth-order valence-electron chi connectivity index (χ4n) is 7.37. The number of hydrogen-bond acceptors (Lipinski definition) is 8. The first kappa shape index (κ1) is 31.9. The Labute approximate surface area is 298 Å². The second-order valence-electron chi connectivity index (χ2n) is 12.9. The third-order valence-electron chi connectivity index (χ3n) is 9.75. The Morgan fingerprint density at radius 3 is 2.57 bits per heavy atom. The normalized spacial score (nSPS) is 20.0. The van der Waals surface area contributed by atoms with Crippen LogP contribution in [0.2, 0.25) is 10.3 Å². The van der Waals surface area contributed by atoms with Crippen LogP contribution >= 0.6 is 39.1 Å². The summed E-state index contributed by atoms with van der Waals surface area (Å²) in [6, 6.07) is 13.0. The van der Waals surface area contributed by atoms with Crippen LogP contribution in [0, 0.1) is 5.92 Å². The van der Waals surface area contributed by atoms with Crippen molar-refractivity contribution in [2.75, 3.05) is 0 Å². The van der Waals surface area contributed by atoms with Crippen LogP contribution in [0.5, 0.6) is 11.5 Å². The van der Waals surface area contributed by atoms with Crippen molar-refractivity contribution in [3.8, 4) is 45.5 Å². The second kappa shape index (κ2) is 11.4. The van der Waals surface area contributed by atoms with Gasteiger partial charge in [-0.05, 0) is 57.9 Å². The number of aromatic amines is 1. The molecule has 3 aromatic heterocycles. The molecule has 0 radical (unpaired) electrons. The maximum absolute atomic E-state index is 13.5. The number of fused-ring (bicyclic) bond motifs is 12. The minimum Gasteiger partial charge on any atom is -0.507 e. The molecule has 0 spiro atoms. The fraction of sp³-hybridized carbons (Fsp3) is 0.250. The first-order chi connectivity index (χ1) is 23.4. The van der Waals surface area contributed by atoms with Gasteiger partial charge in [0.1, 0.15) is 22.7 Å². The van der Waals surface area contributed by atoms with E-state index in [2.05, 4.69) is 31.2 Å². The van der Waals surface area contributed by atoms with Crippen molar-refractivity contribution in [3.63, 3.8) is 0 Å². The van der Waals surface area contributed by atoms with Crippen molar-refractivity contribution in [2.45, 2.75) is 51.1 Å². The molecule has 0 saturated heterocycles. The molecular formula is C36H30BrCl2N5O5. The van der Waals surface area contributed by atoms with E-state index in [0.29, 0.717) is 48.8 Å². The van der Waals surface area contributed by atoms with Gasteiger partial charge in [-0.3, -0.25) is 4.79 Å². The smallest absolute Gasteiger partial charge is 0.250 e. The first-order valence-corrected chi connectivity index (χ1v) is 17.4. The molecular weight excluding hydrogens is 733 g/mol. The summed E-state index contributed by atoms with van der Waals surface area (Å²) >= 11 is 17.2. The average molecular weight is 763 g/mol. The number of phenols is 2. The van der Waals surface area contributed by atoms with Gasteiger partial charge in [-0.2, -0.15) is 4.98 Å². The molecule has 2 aliphatic heterocycles. The zero-order valence-corrected chi connectivity index (χ0v) is 29.6. The molecule has 6 N–H and O–H groups in total. The number of carbonyl (C=O) groups excluding carboxylic acids is 1. The van der Waals surface area contributed by atoms with Crippen LogP contribution in [0.3, 0.4) is 0 Å². The highest BCUT2D eigenvalue weighted by atomic mass is 79.9. The zero-order valence-electron chi connectivity index (χ0n) is 26.5. The number of amides is 1. The van der Waals surface area contributed by atoms with Crippen molar-refractivity contribution in [2.24, 2.45) is 11.7 Å². The van der Waals surface area contributed by atoms with Crippen LogP contribution in [0.1, 0.15) is 61.6 Å². The highest BCUT2D eigenvalue weighted by Gasteiger charge is 2.48. The Hall–Kier alpha value is -4.29. The summed E-state index contributed by atoms with van der Waals surface area (Å²) < 4.78 is 13.7. The third kappa shape index (κ3) is 4.59. The van der Waals surface area contributed by atoms with Crippen LogP contribution in [-0.2, 0) is 16.6 Å². The molecule has 5 heterocycles. The number of para-hydroxylation sites is 1. The van der Waals surface area contributed by atoms with E-state index in [4.69, 9.17) is 42.8 Å². The van der Waals surface area contributed by atoms with Gasteiger partial charge in [0.15, 0.2) is 22.4 Å². The number of benzene rings is 3. The number of hydrogen-bond donors (Lipinski definition) is 5. The van der Waals surface area contributed by atoms with E-state index in [-0.39, 0.29) is 69.6 Å². The SMILES string of the molecule is CCC12c3cc(cc(Br)c3O)CC(N)C(=O)NC(C(C)C)c3nc(c1o3)-c1nc(Cl)c(o1)-c1c(Cl)[nH]c3cccc(c13)-c1cccc2c1O. The lowest BCUT2D eigenvalue weighted by Crippen LogP contribution is -2.45. The molecule has 3 atom stereocenters. The quantitative estimate of drug-likeness (QED) is 0.117. The molecule has 1 amide bonds. The topological polar surface area (TPSA) is 163 Å². The molecule has 0 saturated carbocycles. The Bertz CT molecular complexity index is 2350. The number of nitrogens with two attached hydrogens (primary N) is 1. The largest absolute Gasteiger partial charge is 0.507 e. The molecule has 0 fully saturated rings. The summed E-state index contributed by atoms with van der Waals surface area (Å²) in [5.74, 6) is -0.0939. The number of halogens is 3. The number of rotatable bonds is 2. The molecule has 10 nitrogen and oxygen atoms in total. The summed E-state index contributed by atoms with van der Waals surface area (Å²) in [6.07, 6.45) is 0.442. The van der Waals surface area contributed by atoms with Gasteiger partial charge in [-0.1, -0.05) is 80.4 Å². The lowest BCUT2D eigenvalue weighted by Gasteiger charge is -2.35. The summed E-state index contributed by atoms with van der Waals surface area (Å²) in [5, 5.41) is 28.5. The number of nitrogens with zero attached hydrogens (tertiary/aromatic N) is 2. The van der Waals surface area contributed by atoms with Crippen LogP contribution in [0.4, 0.5) is 0 Å². The van der Waals surface area contributed by atoms with Crippen molar-refractivity contribution in [1.82, 2.24) is 20.3 Å². The Balaban J connectivity index is 1.61. The van der Waals surface area contributed by atoms with E-state index in [1.807, 2.05) is 51.1 Å². The summed E-state index contributed by atoms with van der Waals surface area (Å²) in [7, 11) is 0. The molecule has 3 unspecified atom stereocenters. The van der Waals surface area contributed by atoms with E-state index in [1.165, 1.54) is 0 Å². The van der Waals surface area contributed by atoms with Gasteiger partial charge in [0.05, 0.1) is 21.5 Å². The molecule has 8 rings (SSSR count). The molecule has 49 heavy (non-hydrogen) atoms. The summed E-state index contributed by atoms with van der Waals surface area (Å²) in [4.78, 5) is 26.3. The number of carbonyl (C=O) groups is 1. The van der Waals surface area contributed by atoms with Crippen LogP contribution in [-0.4, -0.2) is 37.1 Å². The molecule has 8 bridgehead atoms. The Morgan fingerprint density at radius 2 is 1.82 bits per heavy atom. The molecule has 3 aromatic carbocycles. The minimum absolute atomic E-state index is 0.0251. The molecule has 2 aliphatic rings. The minimum atomic E-state index is -1.40. The first-order valence-electron chi connectivity index (χ1n) is 15.8. The van der Waals surface area contributed by atoms with Gasteiger partial charge in [-0.15, -0.1) is 0 Å². The van der Waals surface area contributed by atoms with Gasteiger partial charge in [0.2, 0.25) is 11.8 Å². The second-order valence-corrected chi connectivity index (χ2v) is 14.5. The third-order valence-corrected chi connectivity index (χ3v) is 10.9. The molecule has 6 aromatic rings. The average Bonchev–Trinajstić information content (AvgIpc) is 3.76. The lowest BCUT2D eigenvalue weighted by atomic mass is 9.68. The van der Waals surface area contributed by atoms with Crippen LogP contribution in [0.25, 0.3) is 44.9 Å². The molecule has 13 heteroatoms. The highest BCUT2D eigenvalue weighted by molar-refractivity contribution is 9.10. The van der Waals surface area contributed by atoms with Crippen molar-refractivity contribution >= 4 is 55.9 Å². The number of aromatic nitrogens is 3. The van der Waals surface area contributed by atoms with E-state index in [9.17, 15) is 15.0 Å². The van der Waals surface area contributed by atoms with Gasteiger partial charge in [0.25, 0.3) is 5.89 Å². The van der Waals surface area contributed by atoms with E-state index >= 15 is 0 Å². The predicted molar refractivity (Wildman–Crippen MR) is 190 cm³/mol. The number of phenolic OH excluding ortho intramolecular Hbond substituents is 2. The number of H-pyrrole nitrogens is 1. The van der Waals surface area contributed by atoms with Crippen LogP contribution in [0.15, 0.2) is 61.8 Å². The van der Waals surface area contributed by atoms with E-state index < -0.39 is 23.4 Å². The van der Waals surface area contributed by atoms with E-state index in [1.54, 1.807) is 18.2 Å². The maximum atomic E-state index is 13.5. The molecule has 250 valence electrons. The molecule has 0 aliphatic carbocycles. The Morgan fingerprint density at radius 1 is 1.06 bits per heavy atom. The number of oxazole rings is 2. The van der Waals surface area contributed by atoms with Crippen molar-refractivity contribution in [1.29, 1.82) is 0 Å². The van der Waals surface area contributed by atoms with Crippen molar-refractivity contribution < 1.29 is 23.8 Å². The summed E-state index contributed by atoms with van der Waals surface area (Å²) in [5.41, 5.74) is 9.08. The predicted octanol–water partition coefficient (Wildman–Crippen LogP) is 8.38. The monoisotopic (exact) mass is 761 g/mol. The maximum Gasteiger partial charge on any atom is 0.250 e. The van der Waals surface area contributed by atoms with E-state index in [0.717, 1.165) is 0 Å². The van der Waals surface area contributed by atoms with Gasteiger partial charge < -0.3 is 35.1 Å². The van der Waals surface area contributed by atoms with Crippen LogP contribution < -0.4 is 11.1 Å². The number of nitrogens with one attached hydrogen (secondary N) is 2. The number of aromatic hydroxyl groups is 2. The van der Waals surface area contributed by atoms with Crippen molar-refractivity contribution in [3.05, 3.63) is 91.7 Å². The van der Waals surface area contributed by atoms with Gasteiger partial charge in [0, 0.05) is 27.6 Å². The van der Waals surface area contributed by atoms with Gasteiger partial charge in [-0.25, -0.2) is 4.98 Å². The summed E-state index contributed by atoms with van der Waals surface area (Å²) in [6.45, 7) is 5.79. The highest BCUT2D eigenvalue weighted by Crippen LogP contribution is 2.56. The Kier molecular flexibility index (Phi) is 7.42. The van der Waals surface area contributed by atoms with Gasteiger partial charge >= 0.3 is 0 Å². The fourth-order valence-corrected chi connectivity index (χ4v) is 8.37.